The average Bonchev–Trinajstić information content (AvgIpc) is 2.32. The number of amides is 1. The van der Waals surface area contributed by atoms with E-state index in [-0.39, 0.29) is 17.9 Å². The minimum absolute atomic E-state index is 0.0105. The fraction of sp³-hybridized carbons (Fsp3) is 0.333. The molecule has 5 nitrogen and oxygen atoms in total. The number of aliphatic carboxylic acids is 1. The molecule has 3 N–H and O–H groups in total. The van der Waals surface area contributed by atoms with Gasteiger partial charge in [-0.25, -0.2) is 0 Å². The van der Waals surface area contributed by atoms with E-state index in [9.17, 15) is 14.7 Å². The van der Waals surface area contributed by atoms with Crippen LogP contribution in [0.1, 0.15) is 23.7 Å². The molecular formula is C12H14ClNO4. The number of carbonyl (C=O) groups excluding carboxylic acids is 1. The van der Waals surface area contributed by atoms with Crippen LogP contribution in [-0.2, 0) is 4.79 Å². The number of phenolic OH excluding ortho intramolecular Hbond substituents is 1. The van der Waals surface area contributed by atoms with Crippen molar-refractivity contribution in [3.8, 4) is 5.75 Å². The molecule has 98 valence electrons. The second-order valence-electron chi connectivity index (χ2n) is 3.81. The number of nitrogens with one attached hydrogen (secondary N) is 1. The lowest BCUT2D eigenvalue weighted by molar-refractivity contribution is -0.141. The number of aromatic hydroxyl groups is 1. The van der Waals surface area contributed by atoms with E-state index in [0.29, 0.717) is 11.4 Å². The van der Waals surface area contributed by atoms with E-state index in [2.05, 4.69) is 5.32 Å². The van der Waals surface area contributed by atoms with Gasteiger partial charge in [0.05, 0.1) is 11.5 Å². The summed E-state index contributed by atoms with van der Waals surface area (Å²) in [5, 5.41) is 21.1. The number of phenols is 1. The molecule has 0 radical (unpaired) electrons. The van der Waals surface area contributed by atoms with Crippen LogP contribution in [0.15, 0.2) is 18.2 Å². The van der Waals surface area contributed by atoms with E-state index in [1.807, 2.05) is 0 Å². The van der Waals surface area contributed by atoms with Crippen molar-refractivity contribution in [3.63, 3.8) is 0 Å². The van der Waals surface area contributed by atoms with Crippen LogP contribution >= 0.6 is 11.6 Å². The molecule has 1 aromatic rings. The van der Waals surface area contributed by atoms with Crippen LogP contribution in [0.5, 0.6) is 5.75 Å². The van der Waals surface area contributed by atoms with Gasteiger partial charge in [0, 0.05) is 11.6 Å². The molecule has 0 saturated carbocycles. The smallest absolute Gasteiger partial charge is 0.308 e. The van der Waals surface area contributed by atoms with Gasteiger partial charge in [0.25, 0.3) is 5.91 Å². The summed E-state index contributed by atoms with van der Waals surface area (Å²) in [7, 11) is 0. The zero-order chi connectivity index (χ0) is 13.7. The molecular weight excluding hydrogens is 258 g/mol. The predicted molar refractivity (Wildman–Crippen MR) is 66.9 cm³/mol. The number of carboxylic acid groups (broad SMARTS) is 1. The van der Waals surface area contributed by atoms with Gasteiger partial charge in [0.1, 0.15) is 5.75 Å². The minimum Gasteiger partial charge on any atom is -0.507 e. The summed E-state index contributed by atoms with van der Waals surface area (Å²) < 4.78 is 0. The lowest BCUT2D eigenvalue weighted by Gasteiger charge is -2.11. The molecule has 1 atom stereocenters. The van der Waals surface area contributed by atoms with Crippen molar-refractivity contribution in [2.75, 3.05) is 6.54 Å². The number of rotatable bonds is 5. The summed E-state index contributed by atoms with van der Waals surface area (Å²) >= 11 is 5.72. The standard InChI is InChI=1S/C12H14ClNO4/c1-2-7(12(17)18)6-14-11(16)9-5-8(13)3-4-10(9)15/h3-5,7,15H,2,6H2,1H3,(H,14,16)(H,17,18). The van der Waals surface area contributed by atoms with Crippen LogP contribution in [-0.4, -0.2) is 28.6 Å². The van der Waals surface area contributed by atoms with Crippen LogP contribution in [0, 0.1) is 5.92 Å². The normalized spacial score (nSPS) is 11.9. The van der Waals surface area contributed by atoms with Gasteiger partial charge < -0.3 is 15.5 Å². The molecule has 0 saturated heterocycles. The number of benzene rings is 1. The monoisotopic (exact) mass is 271 g/mol. The minimum atomic E-state index is -0.965. The molecule has 1 unspecified atom stereocenters. The number of carbonyl (C=O) groups is 2. The van der Waals surface area contributed by atoms with Crippen molar-refractivity contribution in [1.82, 2.24) is 5.32 Å². The first-order chi connectivity index (χ1) is 8.45. The zero-order valence-corrected chi connectivity index (χ0v) is 10.6. The molecule has 0 aliphatic heterocycles. The number of hydrogen-bond donors (Lipinski definition) is 3. The molecule has 18 heavy (non-hydrogen) atoms. The Kier molecular flexibility index (Phi) is 4.97. The van der Waals surface area contributed by atoms with E-state index in [1.54, 1.807) is 6.92 Å². The molecule has 1 aromatic carbocycles. The largest absolute Gasteiger partial charge is 0.507 e. The lowest BCUT2D eigenvalue weighted by atomic mass is 10.1. The Morgan fingerprint density at radius 2 is 2.11 bits per heavy atom. The molecule has 1 amide bonds. The molecule has 0 heterocycles. The Morgan fingerprint density at radius 1 is 1.44 bits per heavy atom. The topological polar surface area (TPSA) is 86.6 Å². The fourth-order valence-electron chi connectivity index (χ4n) is 1.41. The fourth-order valence-corrected chi connectivity index (χ4v) is 1.58. The van der Waals surface area contributed by atoms with Gasteiger partial charge in [-0.2, -0.15) is 0 Å². The molecule has 0 aliphatic carbocycles. The summed E-state index contributed by atoms with van der Waals surface area (Å²) in [4.78, 5) is 22.5. The first-order valence-corrected chi connectivity index (χ1v) is 5.83. The number of hydrogen-bond acceptors (Lipinski definition) is 3. The third-order valence-electron chi connectivity index (χ3n) is 2.55. The quantitative estimate of drug-likeness (QED) is 0.763. The maximum atomic E-state index is 11.7. The molecule has 0 spiro atoms. The Balaban J connectivity index is 2.71. The van der Waals surface area contributed by atoms with Crippen molar-refractivity contribution in [2.45, 2.75) is 13.3 Å². The SMILES string of the molecule is CCC(CNC(=O)c1cc(Cl)ccc1O)C(=O)O. The molecule has 0 bridgehead atoms. The molecule has 6 heteroatoms. The lowest BCUT2D eigenvalue weighted by Crippen LogP contribution is -2.32. The highest BCUT2D eigenvalue weighted by Gasteiger charge is 2.18. The highest BCUT2D eigenvalue weighted by molar-refractivity contribution is 6.31. The van der Waals surface area contributed by atoms with Crippen LogP contribution in [0.25, 0.3) is 0 Å². The van der Waals surface area contributed by atoms with Gasteiger partial charge in [-0.1, -0.05) is 18.5 Å². The van der Waals surface area contributed by atoms with Crippen molar-refractivity contribution < 1.29 is 19.8 Å². The summed E-state index contributed by atoms with van der Waals surface area (Å²) in [6, 6.07) is 4.10. The van der Waals surface area contributed by atoms with Crippen LogP contribution < -0.4 is 5.32 Å². The molecule has 1 rings (SSSR count). The van der Waals surface area contributed by atoms with Crippen LogP contribution in [0.3, 0.4) is 0 Å². The van der Waals surface area contributed by atoms with Crippen molar-refractivity contribution in [2.24, 2.45) is 5.92 Å². The zero-order valence-electron chi connectivity index (χ0n) is 9.81. The third kappa shape index (κ3) is 3.63. The highest BCUT2D eigenvalue weighted by Crippen LogP contribution is 2.21. The van der Waals surface area contributed by atoms with Crippen LogP contribution in [0.4, 0.5) is 0 Å². The van der Waals surface area contributed by atoms with Crippen LogP contribution in [0.2, 0.25) is 5.02 Å². The maximum absolute atomic E-state index is 11.7. The van der Waals surface area contributed by atoms with E-state index < -0.39 is 17.8 Å². The van der Waals surface area contributed by atoms with Gasteiger partial charge in [-0.15, -0.1) is 0 Å². The van der Waals surface area contributed by atoms with Gasteiger partial charge in [0.15, 0.2) is 0 Å². The molecule has 0 aromatic heterocycles. The summed E-state index contributed by atoms with van der Waals surface area (Å²) in [6.07, 6.45) is 0.414. The van der Waals surface area contributed by atoms with Gasteiger partial charge >= 0.3 is 5.97 Å². The maximum Gasteiger partial charge on any atom is 0.308 e. The predicted octanol–water partition coefficient (Wildman–Crippen LogP) is 1.89. The Labute approximate surface area is 109 Å². The number of halogens is 1. The first kappa shape index (κ1) is 14.3. The first-order valence-electron chi connectivity index (χ1n) is 5.45. The summed E-state index contributed by atoms with van der Waals surface area (Å²) in [6.45, 7) is 1.73. The average molecular weight is 272 g/mol. The van der Waals surface area contributed by atoms with Crippen molar-refractivity contribution in [3.05, 3.63) is 28.8 Å². The van der Waals surface area contributed by atoms with Gasteiger partial charge in [0.2, 0.25) is 0 Å². The van der Waals surface area contributed by atoms with Crippen molar-refractivity contribution in [1.29, 1.82) is 0 Å². The highest BCUT2D eigenvalue weighted by atomic mass is 35.5. The number of carboxylic acids is 1. The Bertz CT molecular complexity index is 461. The second-order valence-corrected chi connectivity index (χ2v) is 4.25. The Hall–Kier alpha value is -1.75. The molecule has 0 fully saturated rings. The van der Waals surface area contributed by atoms with E-state index in [0.717, 1.165) is 0 Å². The molecule has 0 aliphatic rings. The summed E-state index contributed by atoms with van der Waals surface area (Å²) in [5.41, 5.74) is 0.0303. The third-order valence-corrected chi connectivity index (χ3v) is 2.79. The van der Waals surface area contributed by atoms with Gasteiger partial charge in [-0.3, -0.25) is 9.59 Å². The van der Waals surface area contributed by atoms with E-state index in [4.69, 9.17) is 16.7 Å². The van der Waals surface area contributed by atoms with Crippen molar-refractivity contribution >= 4 is 23.5 Å². The van der Waals surface area contributed by atoms with E-state index in [1.165, 1.54) is 18.2 Å². The second kappa shape index (κ2) is 6.26. The Morgan fingerprint density at radius 3 is 2.67 bits per heavy atom. The summed E-state index contributed by atoms with van der Waals surface area (Å²) in [5.74, 6) is -2.35. The van der Waals surface area contributed by atoms with E-state index >= 15 is 0 Å². The van der Waals surface area contributed by atoms with Gasteiger partial charge in [-0.05, 0) is 24.6 Å².